The number of benzene rings is 1. The first-order chi connectivity index (χ1) is 8.79. The zero-order valence-electron chi connectivity index (χ0n) is 11.0. The Hall–Kier alpha value is 0.01000. The lowest BCUT2D eigenvalue weighted by Gasteiger charge is -2.25. The van der Waals surface area contributed by atoms with E-state index >= 15 is 0 Å². The van der Waals surface area contributed by atoms with Crippen molar-refractivity contribution in [1.29, 1.82) is 0 Å². The van der Waals surface area contributed by atoms with Gasteiger partial charge in [-0.05, 0) is 42.7 Å². The third kappa shape index (κ3) is 4.29. The molecular weight excluding hydrogens is 306 g/mol. The van der Waals surface area contributed by atoms with Gasteiger partial charge in [-0.1, -0.05) is 41.4 Å². The Kier molecular flexibility index (Phi) is 6.06. The molecule has 0 radical (unpaired) electrons. The van der Waals surface area contributed by atoms with E-state index in [0.29, 0.717) is 6.04 Å². The van der Waals surface area contributed by atoms with Crippen molar-refractivity contribution in [3.05, 3.63) is 34.3 Å². The highest BCUT2D eigenvalue weighted by Gasteiger charge is 2.16. The lowest BCUT2D eigenvalue weighted by molar-refractivity contribution is 0.500. The van der Waals surface area contributed by atoms with Crippen LogP contribution >= 0.6 is 27.7 Å². The fourth-order valence-corrected chi connectivity index (χ4v) is 3.95. The standard InChI is InChI=1S/C15H22BrNS/c1-2-15(12-6-8-13(16)9-7-12)17-11-14-5-3-4-10-18-14/h6-9,14-15,17H,2-5,10-11H2,1H3. The highest BCUT2D eigenvalue weighted by atomic mass is 79.9. The smallest absolute Gasteiger partial charge is 0.0318 e. The molecule has 1 aliphatic rings. The number of nitrogens with one attached hydrogen (secondary N) is 1. The van der Waals surface area contributed by atoms with E-state index in [4.69, 9.17) is 0 Å². The molecule has 0 spiro atoms. The Morgan fingerprint density at radius 3 is 2.72 bits per heavy atom. The first-order valence-electron chi connectivity index (χ1n) is 6.90. The van der Waals surface area contributed by atoms with Crippen molar-refractivity contribution in [3.8, 4) is 0 Å². The second-order valence-electron chi connectivity index (χ2n) is 4.91. The zero-order chi connectivity index (χ0) is 12.8. The van der Waals surface area contributed by atoms with Crippen LogP contribution in [0.5, 0.6) is 0 Å². The van der Waals surface area contributed by atoms with Crippen molar-refractivity contribution in [2.24, 2.45) is 0 Å². The molecule has 2 unspecified atom stereocenters. The number of halogens is 1. The zero-order valence-corrected chi connectivity index (χ0v) is 13.4. The van der Waals surface area contributed by atoms with Gasteiger partial charge in [0, 0.05) is 22.3 Å². The Labute approximate surface area is 123 Å². The summed E-state index contributed by atoms with van der Waals surface area (Å²) >= 11 is 5.64. The number of thioether (sulfide) groups is 1. The maximum Gasteiger partial charge on any atom is 0.0318 e. The topological polar surface area (TPSA) is 12.0 Å². The largest absolute Gasteiger partial charge is 0.309 e. The minimum absolute atomic E-state index is 0.501. The molecule has 1 saturated heterocycles. The Morgan fingerprint density at radius 2 is 2.11 bits per heavy atom. The number of hydrogen-bond donors (Lipinski definition) is 1. The molecule has 18 heavy (non-hydrogen) atoms. The van der Waals surface area contributed by atoms with Crippen LogP contribution in [0.4, 0.5) is 0 Å². The SMILES string of the molecule is CCC(NCC1CCCCS1)c1ccc(Br)cc1. The molecule has 1 N–H and O–H groups in total. The molecule has 1 nitrogen and oxygen atoms in total. The molecule has 0 aromatic heterocycles. The van der Waals surface area contributed by atoms with Gasteiger partial charge >= 0.3 is 0 Å². The van der Waals surface area contributed by atoms with Crippen LogP contribution in [-0.4, -0.2) is 17.5 Å². The van der Waals surface area contributed by atoms with Gasteiger partial charge < -0.3 is 5.32 Å². The molecule has 1 heterocycles. The summed E-state index contributed by atoms with van der Waals surface area (Å²) < 4.78 is 1.16. The highest BCUT2D eigenvalue weighted by Crippen LogP contribution is 2.26. The molecule has 2 atom stereocenters. The van der Waals surface area contributed by atoms with Gasteiger partial charge in [0.05, 0.1) is 0 Å². The summed E-state index contributed by atoms with van der Waals surface area (Å²) in [5.41, 5.74) is 1.40. The minimum atomic E-state index is 0.501. The number of hydrogen-bond acceptors (Lipinski definition) is 2. The highest BCUT2D eigenvalue weighted by molar-refractivity contribution is 9.10. The predicted molar refractivity (Wildman–Crippen MR) is 85.3 cm³/mol. The molecule has 1 aromatic carbocycles. The molecule has 1 aliphatic heterocycles. The fourth-order valence-electron chi connectivity index (χ4n) is 2.44. The first kappa shape index (κ1) is 14.4. The van der Waals surface area contributed by atoms with Crippen molar-refractivity contribution in [2.45, 2.75) is 43.9 Å². The number of rotatable bonds is 5. The Morgan fingerprint density at radius 1 is 1.33 bits per heavy atom. The van der Waals surface area contributed by atoms with E-state index in [2.05, 4.69) is 64.2 Å². The van der Waals surface area contributed by atoms with Gasteiger partial charge in [-0.3, -0.25) is 0 Å². The summed E-state index contributed by atoms with van der Waals surface area (Å²) in [5, 5.41) is 4.56. The van der Waals surface area contributed by atoms with E-state index in [-0.39, 0.29) is 0 Å². The van der Waals surface area contributed by atoms with Gasteiger partial charge in [0.15, 0.2) is 0 Å². The van der Waals surface area contributed by atoms with Crippen LogP contribution in [0.25, 0.3) is 0 Å². The predicted octanol–water partition coefficient (Wildman–Crippen LogP) is 4.78. The quantitative estimate of drug-likeness (QED) is 0.835. The molecule has 1 aromatic rings. The third-order valence-corrected chi connectivity index (χ3v) is 5.47. The molecule has 3 heteroatoms. The molecule has 100 valence electrons. The second kappa shape index (κ2) is 7.56. The third-order valence-electron chi connectivity index (χ3n) is 3.55. The van der Waals surface area contributed by atoms with Gasteiger partial charge in [0.2, 0.25) is 0 Å². The first-order valence-corrected chi connectivity index (χ1v) is 8.74. The lowest BCUT2D eigenvalue weighted by atomic mass is 10.0. The van der Waals surface area contributed by atoms with E-state index in [1.165, 1.54) is 30.6 Å². The van der Waals surface area contributed by atoms with Crippen LogP contribution in [0.2, 0.25) is 0 Å². The van der Waals surface area contributed by atoms with Crippen LogP contribution < -0.4 is 5.32 Å². The van der Waals surface area contributed by atoms with Gasteiger partial charge in [0.1, 0.15) is 0 Å². The van der Waals surface area contributed by atoms with Crippen molar-refractivity contribution >= 4 is 27.7 Å². The van der Waals surface area contributed by atoms with Crippen LogP contribution in [0.3, 0.4) is 0 Å². The molecular formula is C15H22BrNS. The summed E-state index contributed by atoms with van der Waals surface area (Å²) in [6, 6.07) is 9.21. The maximum absolute atomic E-state index is 3.74. The maximum atomic E-state index is 3.74. The summed E-state index contributed by atoms with van der Waals surface area (Å²) in [6.07, 6.45) is 5.35. The van der Waals surface area contributed by atoms with Crippen LogP contribution in [0, 0.1) is 0 Å². The van der Waals surface area contributed by atoms with Crippen molar-refractivity contribution in [2.75, 3.05) is 12.3 Å². The molecule has 0 amide bonds. The molecule has 0 bridgehead atoms. The summed E-state index contributed by atoms with van der Waals surface area (Å²) in [6.45, 7) is 3.41. The van der Waals surface area contributed by atoms with Crippen LogP contribution in [0.15, 0.2) is 28.7 Å². The average Bonchev–Trinajstić information content (AvgIpc) is 2.42. The molecule has 0 aliphatic carbocycles. The molecule has 0 saturated carbocycles. The van der Waals surface area contributed by atoms with Crippen LogP contribution in [-0.2, 0) is 0 Å². The van der Waals surface area contributed by atoms with Gasteiger partial charge in [-0.2, -0.15) is 11.8 Å². The van der Waals surface area contributed by atoms with Crippen molar-refractivity contribution in [3.63, 3.8) is 0 Å². The van der Waals surface area contributed by atoms with Crippen molar-refractivity contribution in [1.82, 2.24) is 5.32 Å². The van der Waals surface area contributed by atoms with E-state index < -0.39 is 0 Å². The van der Waals surface area contributed by atoms with Gasteiger partial charge in [-0.15, -0.1) is 0 Å². The fraction of sp³-hybridized carbons (Fsp3) is 0.600. The summed E-state index contributed by atoms with van der Waals surface area (Å²) in [4.78, 5) is 0. The summed E-state index contributed by atoms with van der Waals surface area (Å²) in [7, 11) is 0. The summed E-state index contributed by atoms with van der Waals surface area (Å²) in [5.74, 6) is 1.35. The Balaban J connectivity index is 1.86. The minimum Gasteiger partial charge on any atom is -0.309 e. The lowest BCUT2D eigenvalue weighted by Crippen LogP contribution is -2.30. The van der Waals surface area contributed by atoms with Gasteiger partial charge in [0.25, 0.3) is 0 Å². The van der Waals surface area contributed by atoms with E-state index in [1.54, 1.807) is 0 Å². The van der Waals surface area contributed by atoms with E-state index in [1.807, 2.05) is 0 Å². The van der Waals surface area contributed by atoms with E-state index in [9.17, 15) is 0 Å². The molecule has 1 fully saturated rings. The second-order valence-corrected chi connectivity index (χ2v) is 7.23. The Bertz CT molecular complexity index is 346. The van der Waals surface area contributed by atoms with Crippen LogP contribution in [0.1, 0.15) is 44.2 Å². The monoisotopic (exact) mass is 327 g/mol. The average molecular weight is 328 g/mol. The van der Waals surface area contributed by atoms with Crippen molar-refractivity contribution < 1.29 is 0 Å². The normalized spacial score (nSPS) is 21.8. The van der Waals surface area contributed by atoms with Gasteiger partial charge in [-0.25, -0.2) is 0 Å². The van der Waals surface area contributed by atoms with E-state index in [0.717, 1.165) is 22.7 Å². The molecule has 2 rings (SSSR count).